The zero-order chi connectivity index (χ0) is 18.5. The number of anilines is 2. The highest BCUT2D eigenvalue weighted by Crippen LogP contribution is 2.34. The number of carboxylic acids is 1. The van der Waals surface area contributed by atoms with E-state index in [0.29, 0.717) is 17.4 Å². The zero-order valence-electron chi connectivity index (χ0n) is 14.7. The van der Waals surface area contributed by atoms with E-state index in [-0.39, 0.29) is 6.42 Å². The van der Waals surface area contributed by atoms with Crippen molar-refractivity contribution in [3.8, 4) is 17.0 Å². The summed E-state index contributed by atoms with van der Waals surface area (Å²) >= 11 is 1.36. The summed E-state index contributed by atoms with van der Waals surface area (Å²) in [6, 6.07) is 15.5. The van der Waals surface area contributed by atoms with E-state index in [1.165, 1.54) is 16.9 Å². The number of thiazole rings is 1. The second-order valence-corrected chi connectivity index (χ2v) is 6.89. The Bertz CT molecular complexity index is 886. The summed E-state index contributed by atoms with van der Waals surface area (Å²) in [7, 11) is 0. The number of aliphatic carboxylic acids is 1. The van der Waals surface area contributed by atoms with Crippen LogP contribution < -0.4 is 10.1 Å². The van der Waals surface area contributed by atoms with Crippen LogP contribution in [0.15, 0.2) is 48.5 Å². The summed E-state index contributed by atoms with van der Waals surface area (Å²) in [5, 5.41) is 13.2. The third kappa shape index (κ3) is 4.40. The molecule has 3 rings (SSSR count). The van der Waals surface area contributed by atoms with Crippen LogP contribution in [0.4, 0.5) is 10.8 Å². The zero-order valence-corrected chi connectivity index (χ0v) is 15.5. The number of carbonyl (C=O) groups is 1. The van der Waals surface area contributed by atoms with Gasteiger partial charge in [0.15, 0.2) is 5.13 Å². The van der Waals surface area contributed by atoms with Crippen molar-refractivity contribution in [1.29, 1.82) is 0 Å². The summed E-state index contributed by atoms with van der Waals surface area (Å²) < 4.78 is 5.46. The minimum Gasteiger partial charge on any atom is -0.494 e. The topological polar surface area (TPSA) is 71.5 Å². The first kappa shape index (κ1) is 17.9. The number of carboxylic acid groups (broad SMARTS) is 1. The van der Waals surface area contributed by atoms with Crippen LogP contribution in [0.1, 0.15) is 17.4 Å². The highest BCUT2D eigenvalue weighted by molar-refractivity contribution is 7.16. The largest absolute Gasteiger partial charge is 0.494 e. The van der Waals surface area contributed by atoms with Crippen molar-refractivity contribution >= 4 is 28.1 Å². The number of benzene rings is 2. The fourth-order valence-corrected chi connectivity index (χ4v) is 3.52. The third-order valence-electron chi connectivity index (χ3n) is 3.75. The van der Waals surface area contributed by atoms with Crippen LogP contribution in [0, 0.1) is 6.92 Å². The molecule has 2 N–H and O–H groups in total. The van der Waals surface area contributed by atoms with Crippen LogP contribution in [-0.2, 0) is 11.2 Å². The fourth-order valence-electron chi connectivity index (χ4n) is 2.52. The molecule has 134 valence electrons. The molecule has 0 fully saturated rings. The van der Waals surface area contributed by atoms with Crippen LogP contribution in [0.2, 0.25) is 0 Å². The summed E-state index contributed by atoms with van der Waals surface area (Å²) in [4.78, 5) is 16.6. The molecular weight excluding hydrogens is 348 g/mol. The number of aryl methyl sites for hydroxylation is 1. The second kappa shape index (κ2) is 8.01. The summed E-state index contributed by atoms with van der Waals surface area (Å²) in [6.45, 7) is 4.56. The third-order valence-corrected chi connectivity index (χ3v) is 4.72. The van der Waals surface area contributed by atoms with Crippen molar-refractivity contribution in [2.75, 3.05) is 11.9 Å². The maximum Gasteiger partial charge on any atom is 0.308 e. The van der Waals surface area contributed by atoms with Gasteiger partial charge >= 0.3 is 5.97 Å². The molecule has 0 saturated carbocycles. The lowest BCUT2D eigenvalue weighted by atomic mass is 10.1. The molecule has 3 aromatic rings. The molecule has 0 amide bonds. The van der Waals surface area contributed by atoms with Crippen molar-refractivity contribution in [3.05, 3.63) is 59.0 Å². The van der Waals surface area contributed by atoms with E-state index >= 15 is 0 Å². The first-order valence-electron chi connectivity index (χ1n) is 8.33. The molecule has 0 atom stereocenters. The molecule has 1 aromatic heterocycles. The Hall–Kier alpha value is -2.86. The molecule has 5 nitrogen and oxygen atoms in total. The molecule has 0 aliphatic carbocycles. The maximum atomic E-state index is 11.2. The Morgan fingerprint density at radius 2 is 1.85 bits per heavy atom. The van der Waals surface area contributed by atoms with Gasteiger partial charge in [0.25, 0.3) is 0 Å². The fraction of sp³-hybridized carbons (Fsp3) is 0.200. The highest BCUT2D eigenvalue weighted by Gasteiger charge is 2.16. The Morgan fingerprint density at radius 3 is 2.46 bits per heavy atom. The van der Waals surface area contributed by atoms with Gasteiger partial charge in [0.05, 0.1) is 18.7 Å². The van der Waals surface area contributed by atoms with Gasteiger partial charge in [-0.05, 0) is 50.2 Å². The van der Waals surface area contributed by atoms with Gasteiger partial charge in [-0.2, -0.15) is 0 Å². The van der Waals surface area contributed by atoms with Gasteiger partial charge in [-0.15, -0.1) is 11.3 Å². The predicted molar refractivity (Wildman–Crippen MR) is 105 cm³/mol. The van der Waals surface area contributed by atoms with E-state index in [4.69, 9.17) is 4.74 Å². The standard InChI is InChI=1S/C20H20N2O3S/c1-3-25-16-10-6-14(7-11-16)19-17(12-18(23)24)26-20(22-19)21-15-8-4-13(2)5-9-15/h4-11H,3,12H2,1-2H3,(H,21,22)(H,23,24). The van der Waals surface area contributed by atoms with Crippen LogP contribution >= 0.6 is 11.3 Å². The van der Waals surface area contributed by atoms with Crippen molar-refractivity contribution in [2.45, 2.75) is 20.3 Å². The van der Waals surface area contributed by atoms with Crippen molar-refractivity contribution in [1.82, 2.24) is 4.98 Å². The minimum absolute atomic E-state index is 0.0597. The lowest BCUT2D eigenvalue weighted by Crippen LogP contribution is -1.99. The molecule has 0 spiro atoms. The quantitative estimate of drug-likeness (QED) is 0.621. The average Bonchev–Trinajstić information content (AvgIpc) is 2.99. The molecule has 1 heterocycles. The molecule has 0 radical (unpaired) electrons. The van der Waals surface area contributed by atoms with E-state index in [1.54, 1.807) is 0 Å². The van der Waals surface area contributed by atoms with Gasteiger partial charge in [-0.1, -0.05) is 17.7 Å². The normalized spacial score (nSPS) is 10.5. The second-order valence-electron chi connectivity index (χ2n) is 5.81. The van der Waals surface area contributed by atoms with E-state index in [0.717, 1.165) is 21.9 Å². The molecule has 0 aliphatic rings. The van der Waals surface area contributed by atoms with Crippen molar-refractivity contribution in [2.24, 2.45) is 0 Å². The number of rotatable bonds is 7. The van der Waals surface area contributed by atoms with E-state index in [9.17, 15) is 9.90 Å². The van der Waals surface area contributed by atoms with E-state index < -0.39 is 5.97 Å². The summed E-state index contributed by atoms with van der Waals surface area (Å²) in [6.07, 6.45) is -0.0597. The number of aromatic nitrogens is 1. The van der Waals surface area contributed by atoms with Crippen LogP contribution in [-0.4, -0.2) is 22.7 Å². The van der Waals surface area contributed by atoms with Crippen LogP contribution in [0.25, 0.3) is 11.3 Å². The number of hydrogen-bond acceptors (Lipinski definition) is 5. The van der Waals surface area contributed by atoms with Gasteiger partial charge in [0.2, 0.25) is 0 Å². The Labute approximate surface area is 156 Å². The van der Waals surface area contributed by atoms with Gasteiger partial charge in [-0.3, -0.25) is 4.79 Å². The molecule has 26 heavy (non-hydrogen) atoms. The van der Waals surface area contributed by atoms with Crippen LogP contribution in [0.5, 0.6) is 5.75 Å². The lowest BCUT2D eigenvalue weighted by Gasteiger charge is -2.04. The van der Waals surface area contributed by atoms with Crippen molar-refractivity contribution in [3.63, 3.8) is 0 Å². The SMILES string of the molecule is CCOc1ccc(-c2nc(Nc3ccc(C)cc3)sc2CC(=O)O)cc1. The number of nitrogens with one attached hydrogen (secondary N) is 1. The monoisotopic (exact) mass is 368 g/mol. The summed E-state index contributed by atoms with van der Waals surface area (Å²) in [5.41, 5.74) is 3.66. The van der Waals surface area contributed by atoms with Crippen LogP contribution in [0.3, 0.4) is 0 Å². The molecule has 0 aliphatic heterocycles. The number of ether oxygens (including phenoxy) is 1. The van der Waals surface area contributed by atoms with Gasteiger partial charge in [0.1, 0.15) is 5.75 Å². The van der Waals surface area contributed by atoms with E-state index in [2.05, 4.69) is 10.3 Å². The Morgan fingerprint density at radius 1 is 1.15 bits per heavy atom. The molecule has 0 bridgehead atoms. The van der Waals surface area contributed by atoms with E-state index in [1.807, 2.05) is 62.4 Å². The molecule has 0 saturated heterocycles. The first-order chi connectivity index (χ1) is 12.5. The predicted octanol–water partition coefficient (Wildman–Crippen LogP) is 4.89. The van der Waals surface area contributed by atoms with Crippen molar-refractivity contribution < 1.29 is 14.6 Å². The number of nitrogens with zero attached hydrogens (tertiary/aromatic N) is 1. The maximum absolute atomic E-state index is 11.2. The average molecular weight is 368 g/mol. The van der Waals surface area contributed by atoms with Gasteiger partial charge in [0, 0.05) is 16.1 Å². The van der Waals surface area contributed by atoms with Gasteiger partial charge < -0.3 is 15.2 Å². The molecular formula is C20H20N2O3S. The summed E-state index contributed by atoms with van der Waals surface area (Å²) in [5.74, 6) is -0.0907. The van der Waals surface area contributed by atoms with Gasteiger partial charge in [-0.25, -0.2) is 4.98 Å². The molecule has 2 aromatic carbocycles. The molecule has 6 heteroatoms. The lowest BCUT2D eigenvalue weighted by molar-refractivity contribution is -0.136. The number of hydrogen-bond donors (Lipinski definition) is 2. The minimum atomic E-state index is -0.872. The Balaban J connectivity index is 1.90. The molecule has 0 unspecified atom stereocenters. The smallest absolute Gasteiger partial charge is 0.308 e. The highest BCUT2D eigenvalue weighted by atomic mass is 32.1. The Kier molecular flexibility index (Phi) is 5.53. The first-order valence-corrected chi connectivity index (χ1v) is 9.15.